The van der Waals surface area contributed by atoms with Crippen LogP contribution in [0.2, 0.25) is 0 Å². The number of hydrogen-bond acceptors (Lipinski definition) is 6. The molecule has 124 valence electrons. The first-order chi connectivity index (χ1) is 11.9. The molecule has 1 heterocycles. The van der Waals surface area contributed by atoms with E-state index in [1.54, 1.807) is 24.3 Å². The van der Waals surface area contributed by atoms with E-state index >= 15 is 0 Å². The molecule has 0 fully saturated rings. The predicted molar refractivity (Wildman–Crippen MR) is 93.9 cm³/mol. The van der Waals surface area contributed by atoms with Crippen LogP contribution < -0.4 is 11.2 Å². The molecular formula is C19H13NO5. The highest BCUT2D eigenvalue weighted by Crippen LogP contribution is 2.43. The molecule has 2 aromatic carbocycles. The van der Waals surface area contributed by atoms with Gasteiger partial charge >= 0.3 is 0 Å². The van der Waals surface area contributed by atoms with Gasteiger partial charge in [0.25, 0.3) is 0 Å². The molecular weight excluding hydrogens is 322 g/mol. The van der Waals surface area contributed by atoms with Crippen molar-refractivity contribution in [3.8, 4) is 39.7 Å². The van der Waals surface area contributed by atoms with Crippen LogP contribution in [0.5, 0.6) is 17.2 Å². The maximum Gasteiger partial charge on any atom is 0.223 e. The number of hydrogen-bond donors (Lipinski definition) is 4. The second-order valence-electron chi connectivity index (χ2n) is 5.75. The van der Waals surface area contributed by atoms with Gasteiger partial charge in [0.15, 0.2) is 17.2 Å². The van der Waals surface area contributed by atoms with Crippen LogP contribution in [0.1, 0.15) is 0 Å². The van der Waals surface area contributed by atoms with E-state index in [1.807, 2.05) is 0 Å². The summed E-state index contributed by atoms with van der Waals surface area (Å²) >= 11 is 0. The Balaban J connectivity index is 2.22. The summed E-state index contributed by atoms with van der Waals surface area (Å²) in [6.07, 6.45) is 0. The summed E-state index contributed by atoms with van der Waals surface area (Å²) < 4.78 is 5.70. The molecule has 4 rings (SSSR count). The maximum atomic E-state index is 11.8. The second-order valence-corrected chi connectivity index (χ2v) is 5.75. The van der Waals surface area contributed by atoms with Gasteiger partial charge in [-0.1, -0.05) is 12.1 Å². The van der Waals surface area contributed by atoms with Crippen LogP contribution in [0, 0.1) is 0 Å². The molecule has 0 saturated carbocycles. The third-order valence-corrected chi connectivity index (χ3v) is 4.10. The summed E-state index contributed by atoms with van der Waals surface area (Å²) in [6.45, 7) is 0. The summed E-state index contributed by atoms with van der Waals surface area (Å²) in [7, 11) is 0. The lowest BCUT2D eigenvalue weighted by molar-refractivity contribution is 0.404. The van der Waals surface area contributed by atoms with Crippen LogP contribution in [0.25, 0.3) is 33.4 Å². The van der Waals surface area contributed by atoms with Gasteiger partial charge in [0.1, 0.15) is 11.3 Å². The van der Waals surface area contributed by atoms with Gasteiger partial charge in [-0.15, -0.1) is 0 Å². The number of benzene rings is 3. The summed E-state index contributed by atoms with van der Waals surface area (Å²) in [4.78, 5) is 11.8. The summed E-state index contributed by atoms with van der Waals surface area (Å²) in [5.74, 6) is -0.780. The fourth-order valence-corrected chi connectivity index (χ4v) is 2.89. The van der Waals surface area contributed by atoms with E-state index in [9.17, 15) is 20.1 Å². The van der Waals surface area contributed by atoms with Crippen molar-refractivity contribution < 1.29 is 19.7 Å². The molecule has 0 radical (unpaired) electrons. The van der Waals surface area contributed by atoms with Gasteiger partial charge in [-0.25, -0.2) is 0 Å². The monoisotopic (exact) mass is 335 g/mol. The van der Waals surface area contributed by atoms with Crippen molar-refractivity contribution in [1.82, 2.24) is 0 Å². The Labute approximate surface area is 141 Å². The molecule has 6 heteroatoms. The summed E-state index contributed by atoms with van der Waals surface area (Å²) in [5.41, 5.74) is 7.95. The average molecular weight is 335 g/mol. The number of aromatic hydroxyl groups is 3. The van der Waals surface area contributed by atoms with Gasteiger partial charge in [-0.2, -0.15) is 0 Å². The minimum absolute atomic E-state index is 0.257. The smallest absolute Gasteiger partial charge is 0.223 e. The normalized spacial score (nSPS) is 11.2. The molecule has 0 bridgehead atoms. The number of phenols is 3. The molecule has 1 aliphatic carbocycles. The van der Waals surface area contributed by atoms with E-state index < -0.39 is 11.2 Å². The van der Waals surface area contributed by atoms with E-state index in [1.165, 1.54) is 24.3 Å². The Bertz CT molecular complexity index is 1150. The van der Waals surface area contributed by atoms with Crippen molar-refractivity contribution in [2.45, 2.75) is 0 Å². The van der Waals surface area contributed by atoms with E-state index in [0.717, 1.165) is 5.56 Å². The van der Waals surface area contributed by atoms with Crippen LogP contribution in [0.3, 0.4) is 0 Å². The molecule has 0 atom stereocenters. The number of nitrogen functional groups attached to an aromatic ring is 1. The first-order valence-electron chi connectivity index (χ1n) is 7.45. The Kier molecular flexibility index (Phi) is 3.08. The molecule has 5 N–H and O–H groups in total. The van der Waals surface area contributed by atoms with E-state index in [2.05, 4.69) is 0 Å². The highest BCUT2D eigenvalue weighted by Gasteiger charge is 2.20. The molecule has 6 nitrogen and oxygen atoms in total. The van der Waals surface area contributed by atoms with Gasteiger partial charge in [0, 0.05) is 34.3 Å². The van der Waals surface area contributed by atoms with Crippen molar-refractivity contribution in [2.75, 3.05) is 5.73 Å². The Morgan fingerprint density at radius 3 is 2.24 bits per heavy atom. The lowest BCUT2D eigenvalue weighted by atomic mass is 9.93. The molecule has 25 heavy (non-hydrogen) atoms. The molecule has 0 unspecified atom stereocenters. The maximum absolute atomic E-state index is 11.8. The zero-order chi connectivity index (χ0) is 17.7. The fraction of sp³-hybridized carbons (Fsp3) is 0. The van der Waals surface area contributed by atoms with Gasteiger partial charge in [0.2, 0.25) is 5.43 Å². The van der Waals surface area contributed by atoms with Crippen LogP contribution in [-0.4, -0.2) is 15.3 Å². The fourth-order valence-electron chi connectivity index (χ4n) is 2.89. The molecule has 2 aromatic rings. The predicted octanol–water partition coefficient (Wildman–Crippen LogP) is 3.26. The zero-order valence-corrected chi connectivity index (χ0v) is 12.9. The highest BCUT2D eigenvalue weighted by atomic mass is 16.3. The summed E-state index contributed by atoms with van der Waals surface area (Å²) in [6, 6.07) is 12.2. The third-order valence-electron chi connectivity index (χ3n) is 4.10. The SMILES string of the molecule is Nc1ccc(-c2c3cc(O)c(=O)cc-3oc3cc(O)c(O)cc23)cc1. The van der Waals surface area contributed by atoms with Crippen molar-refractivity contribution in [1.29, 1.82) is 0 Å². The van der Waals surface area contributed by atoms with Crippen molar-refractivity contribution in [2.24, 2.45) is 0 Å². The lowest BCUT2D eigenvalue weighted by Gasteiger charge is -2.16. The molecule has 0 aromatic heterocycles. The van der Waals surface area contributed by atoms with Crippen LogP contribution in [0.4, 0.5) is 5.69 Å². The Morgan fingerprint density at radius 1 is 0.840 bits per heavy atom. The van der Waals surface area contributed by atoms with Crippen LogP contribution in [0.15, 0.2) is 57.7 Å². The number of anilines is 1. The number of phenolic OH excluding ortho intramolecular Hbond substituents is 3. The Morgan fingerprint density at radius 2 is 1.52 bits per heavy atom. The number of fused-ring (bicyclic) bond motifs is 2. The molecule has 2 aliphatic rings. The minimum Gasteiger partial charge on any atom is -0.504 e. The quantitative estimate of drug-likeness (QED) is 0.241. The molecule has 0 saturated heterocycles. The lowest BCUT2D eigenvalue weighted by Crippen LogP contribution is -2.01. The van der Waals surface area contributed by atoms with Gasteiger partial charge in [0.05, 0.1) is 0 Å². The van der Waals surface area contributed by atoms with Crippen LogP contribution >= 0.6 is 0 Å². The minimum atomic E-state index is -0.568. The number of nitrogens with two attached hydrogens (primary N) is 1. The summed E-state index contributed by atoms with van der Waals surface area (Å²) in [5, 5.41) is 30.0. The highest BCUT2D eigenvalue weighted by molar-refractivity contribution is 6.03. The van der Waals surface area contributed by atoms with Crippen molar-refractivity contribution in [3.05, 3.63) is 58.8 Å². The van der Waals surface area contributed by atoms with Crippen molar-refractivity contribution >= 4 is 16.7 Å². The van der Waals surface area contributed by atoms with Gasteiger partial charge in [-0.3, -0.25) is 4.79 Å². The molecule has 1 aliphatic heterocycles. The first kappa shape index (κ1) is 14.9. The number of rotatable bonds is 1. The van der Waals surface area contributed by atoms with Gasteiger partial charge < -0.3 is 25.5 Å². The average Bonchev–Trinajstić information content (AvgIpc) is 2.57. The first-order valence-corrected chi connectivity index (χ1v) is 7.45. The third kappa shape index (κ3) is 2.31. The largest absolute Gasteiger partial charge is 0.504 e. The topological polar surface area (TPSA) is 117 Å². The van der Waals surface area contributed by atoms with E-state index in [-0.39, 0.29) is 17.3 Å². The molecule has 0 amide bonds. The van der Waals surface area contributed by atoms with Gasteiger partial charge in [-0.05, 0) is 29.8 Å². The Hall–Kier alpha value is -3.67. The second kappa shape index (κ2) is 5.17. The zero-order valence-electron chi connectivity index (χ0n) is 12.9. The van der Waals surface area contributed by atoms with Crippen LogP contribution in [-0.2, 0) is 0 Å². The molecule has 0 spiro atoms. The van der Waals surface area contributed by atoms with E-state index in [4.69, 9.17) is 10.2 Å². The van der Waals surface area contributed by atoms with Crippen molar-refractivity contribution in [3.63, 3.8) is 0 Å². The van der Waals surface area contributed by atoms with E-state index in [0.29, 0.717) is 27.8 Å². The standard InChI is InChI=1S/C19H13NO5/c20-10-3-1-9(2-4-10)19-11-5-13(21)15(23)7-17(11)25-18-8-16(24)14(22)6-12(18)19/h1-8,21-23H,20H2.